The Labute approximate surface area is 85.2 Å². The molecule has 1 N–H and O–H groups in total. The summed E-state index contributed by atoms with van der Waals surface area (Å²) in [6.45, 7) is 8.52. The second kappa shape index (κ2) is 3.24. The van der Waals surface area contributed by atoms with Crippen LogP contribution in [-0.4, -0.2) is 16.8 Å². The van der Waals surface area contributed by atoms with Gasteiger partial charge in [-0.25, -0.2) is 10.4 Å². The number of hydrogen-bond acceptors (Lipinski definition) is 3. The zero-order valence-electron chi connectivity index (χ0n) is 9.26. The second-order valence-corrected chi connectivity index (χ2v) is 3.93. The molecule has 0 aliphatic carbocycles. The molecule has 2 heterocycles. The molecule has 0 aromatic rings. The molecule has 2 rings (SSSR count). The van der Waals surface area contributed by atoms with Crippen LogP contribution in [0.25, 0.3) is 0 Å². The molecule has 3 nitrogen and oxygen atoms in total. The summed E-state index contributed by atoms with van der Waals surface area (Å²) in [5.41, 5.74) is 7.13. The van der Waals surface area contributed by atoms with Crippen LogP contribution in [0.5, 0.6) is 0 Å². The van der Waals surface area contributed by atoms with E-state index in [4.69, 9.17) is 0 Å². The molecule has 3 heteroatoms. The highest BCUT2D eigenvalue weighted by atomic mass is 15.6. The number of nitrogens with one attached hydrogen (secondary N) is 1. The van der Waals surface area contributed by atoms with E-state index in [0.717, 1.165) is 18.0 Å². The molecule has 0 fully saturated rings. The van der Waals surface area contributed by atoms with Crippen LogP contribution in [0.15, 0.2) is 28.2 Å². The summed E-state index contributed by atoms with van der Waals surface area (Å²) in [6, 6.07) is 0.410. The summed E-state index contributed by atoms with van der Waals surface area (Å²) in [5, 5.41) is 2.09. The normalized spacial score (nSPS) is 26.3. The van der Waals surface area contributed by atoms with Crippen LogP contribution in [0.1, 0.15) is 34.1 Å². The van der Waals surface area contributed by atoms with Crippen LogP contribution in [-0.2, 0) is 0 Å². The number of fused-ring (bicyclic) bond motifs is 1. The van der Waals surface area contributed by atoms with E-state index < -0.39 is 0 Å². The fourth-order valence-electron chi connectivity index (χ4n) is 2.09. The Morgan fingerprint density at radius 3 is 2.86 bits per heavy atom. The third kappa shape index (κ3) is 1.28. The highest BCUT2D eigenvalue weighted by molar-refractivity contribution is 5.95. The zero-order chi connectivity index (χ0) is 10.3. The highest BCUT2D eigenvalue weighted by Gasteiger charge is 2.29. The first kappa shape index (κ1) is 9.46. The summed E-state index contributed by atoms with van der Waals surface area (Å²) in [7, 11) is 0. The lowest BCUT2D eigenvalue weighted by atomic mass is 10.1. The maximum absolute atomic E-state index is 4.58. The summed E-state index contributed by atoms with van der Waals surface area (Å²) in [4.78, 5) is 4.58. The molecule has 76 valence electrons. The SMILES string of the molecule is CCC1=C2N=C(C)C=C(C)N2NC1C. The highest BCUT2D eigenvalue weighted by Crippen LogP contribution is 2.29. The maximum Gasteiger partial charge on any atom is 0.148 e. The number of aliphatic imine (C=N–C) groups is 1. The predicted octanol–water partition coefficient (Wildman–Crippen LogP) is 2.20. The molecule has 0 aromatic carbocycles. The van der Waals surface area contributed by atoms with E-state index >= 15 is 0 Å². The van der Waals surface area contributed by atoms with Gasteiger partial charge in [0, 0.05) is 17.5 Å². The van der Waals surface area contributed by atoms with Crippen molar-refractivity contribution in [2.24, 2.45) is 4.99 Å². The smallest absolute Gasteiger partial charge is 0.148 e. The molecule has 0 saturated carbocycles. The maximum atomic E-state index is 4.58. The van der Waals surface area contributed by atoms with Gasteiger partial charge in [0.1, 0.15) is 5.82 Å². The Hall–Kier alpha value is -1.09. The minimum absolute atomic E-state index is 0.410. The predicted molar refractivity (Wildman–Crippen MR) is 58.6 cm³/mol. The number of allylic oxidation sites excluding steroid dienone is 2. The Morgan fingerprint density at radius 2 is 2.21 bits per heavy atom. The molecule has 14 heavy (non-hydrogen) atoms. The summed E-state index contributed by atoms with van der Waals surface area (Å²) in [6.07, 6.45) is 3.16. The second-order valence-electron chi connectivity index (χ2n) is 3.93. The van der Waals surface area contributed by atoms with Crippen LogP contribution in [0.3, 0.4) is 0 Å². The average Bonchev–Trinajstić information content (AvgIpc) is 2.41. The number of nitrogens with zero attached hydrogens (tertiary/aromatic N) is 2. The van der Waals surface area contributed by atoms with Crippen molar-refractivity contribution in [3.05, 3.63) is 23.2 Å². The number of rotatable bonds is 1. The quantitative estimate of drug-likeness (QED) is 0.688. The lowest BCUT2D eigenvalue weighted by molar-refractivity contribution is 0.320. The van der Waals surface area contributed by atoms with Crippen molar-refractivity contribution in [1.29, 1.82) is 0 Å². The Morgan fingerprint density at radius 1 is 1.50 bits per heavy atom. The first-order valence-electron chi connectivity index (χ1n) is 5.16. The first-order chi connectivity index (χ1) is 6.63. The van der Waals surface area contributed by atoms with E-state index in [9.17, 15) is 0 Å². The molecule has 1 unspecified atom stereocenters. The molecule has 2 aliphatic rings. The number of hydrazine groups is 1. The van der Waals surface area contributed by atoms with Crippen molar-refractivity contribution < 1.29 is 0 Å². The molecule has 0 aromatic heterocycles. The minimum Gasteiger partial charge on any atom is -0.263 e. The van der Waals surface area contributed by atoms with Gasteiger partial charge in [-0.05, 0) is 38.8 Å². The minimum atomic E-state index is 0.410. The number of hydrogen-bond donors (Lipinski definition) is 1. The van der Waals surface area contributed by atoms with Crippen molar-refractivity contribution in [1.82, 2.24) is 10.4 Å². The Bertz CT molecular complexity index is 350. The summed E-state index contributed by atoms with van der Waals surface area (Å²) < 4.78 is 0. The van der Waals surface area contributed by atoms with Crippen LogP contribution < -0.4 is 5.43 Å². The van der Waals surface area contributed by atoms with Gasteiger partial charge in [-0.3, -0.25) is 5.01 Å². The third-order valence-electron chi connectivity index (χ3n) is 2.78. The third-order valence-corrected chi connectivity index (χ3v) is 2.78. The zero-order valence-corrected chi connectivity index (χ0v) is 9.26. The van der Waals surface area contributed by atoms with Crippen molar-refractivity contribution in [3.8, 4) is 0 Å². The van der Waals surface area contributed by atoms with E-state index in [0.29, 0.717) is 6.04 Å². The largest absolute Gasteiger partial charge is 0.263 e. The van der Waals surface area contributed by atoms with E-state index in [1.165, 1.54) is 11.3 Å². The van der Waals surface area contributed by atoms with Gasteiger partial charge in [-0.15, -0.1) is 0 Å². The van der Waals surface area contributed by atoms with Gasteiger partial charge in [-0.2, -0.15) is 0 Å². The first-order valence-corrected chi connectivity index (χ1v) is 5.16. The molecule has 1 atom stereocenters. The fourth-order valence-corrected chi connectivity index (χ4v) is 2.09. The van der Waals surface area contributed by atoms with Crippen LogP contribution in [0, 0.1) is 0 Å². The average molecular weight is 191 g/mol. The van der Waals surface area contributed by atoms with Gasteiger partial charge in [0.05, 0.1) is 0 Å². The van der Waals surface area contributed by atoms with E-state index in [1.807, 2.05) is 6.92 Å². The molecular formula is C11H17N3. The van der Waals surface area contributed by atoms with Crippen LogP contribution >= 0.6 is 0 Å². The topological polar surface area (TPSA) is 27.6 Å². The van der Waals surface area contributed by atoms with Gasteiger partial charge in [0.15, 0.2) is 0 Å². The Kier molecular flexibility index (Phi) is 2.19. The van der Waals surface area contributed by atoms with Gasteiger partial charge in [0.2, 0.25) is 0 Å². The van der Waals surface area contributed by atoms with Gasteiger partial charge in [0.25, 0.3) is 0 Å². The monoisotopic (exact) mass is 191 g/mol. The van der Waals surface area contributed by atoms with Gasteiger partial charge in [-0.1, -0.05) is 6.92 Å². The van der Waals surface area contributed by atoms with Crippen molar-refractivity contribution in [2.45, 2.75) is 40.2 Å². The molecule has 0 amide bonds. The van der Waals surface area contributed by atoms with E-state index in [-0.39, 0.29) is 0 Å². The van der Waals surface area contributed by atoms with Crippen molar-refractivity contribution in [3.63, 3.8) is 0 Å². The van der Waals surface area contributed by atoms with E-state index in [2.05, 4.69) is 42.3 Å². The molecule has 2 aliphatic heterocycles. The molecule has 0 spiro atoms. The van der Waals surface area contributed by atoms with E-state index in [1.54, 1.807) is 0 Å². The molecule has 0 radical (unpaired) electrons. The lowest BCUT2D eigenvalue weighted by Crippen LogP contribution is -2.35. The fraction of sp³-hybridized carbons (Fsp3) is 0.545. The lowest BCUT2D eigenvalue weighted by Gasteiger charge is -2.24. The standard InChI is InChI=1S/C11H17N3/c1-5-10-9(4)13-14-8(3)6-7(2)12-11(10)14/h6,9,13H,5H2,1-4H3. The molecular weight excluding hydrogens is 174 g/mol. The molecule has 0 saturated heterocycles. The summed E-state index contributed by atoms with van der Waals surface area (Å²) >= 11 is 0. The molecule has 0 bridgehead atoms. The van der Waals surface area contributed by atoms with Gasteiger partial charge >= 0.3 is 0 Å². The van der Waals surface area contributed by atoms with Crippen LogP contribution in [0.4, 0.5) is 0 Å². The Balaban J connectivity index is 2.46. The summed E-state index contributed by atoms with van der Waals surface area (Å²) in [5.74, 6) is 1.11. The van der Waals surface area contributed by atoms with Crippen LogP contribution in [0.2, 0.25) is 0 Å². The van der Waals surface area contributed by atoms with Crippen molar-refractivity contribution >= 4 is 5.71 Å². The van der Waals surface area contributed by atoms with Crippen molar-refractivity contribution in [2.75, 3.05) is 0 Å². The van der Waals surface area contributed by atoms with Gasteiger partial charge < -0.3 is 0 Å².